The number of carbonyl (C=O) groups excluding carboxylic acids is 1. The number of hydrogen-bond donors (Lipinski definition) is 2. The molecule has 1 aromatic carbocycles. The van der Waals surface area contributed by atoms with Gasteiger partial charge in [0, 0.05) is 36.2 Å². The molecule has 0 unspecified atom stereocenters. The van der Waals surface area contributed by atoms with Crippen molar-refractivity contribution in [1.29, 1.82) is 0 Å². The molecule has 2 heterocycles. The Hall–Kier alpha value is -2.27. The number of anilines is 3. The minimum atomic E-state index is -0.303. The molecular formula is C20H25ClN4O. The maximum absolute atomic E-state index is 11.0. The Morgan fingerprint density at radius 3 is 2.54 bits per heavy atom. The van der Waals surface area contributed by atoms with Crippen molar-refractivity contribution in [2.45, 2.75) is 38.5 Å². The standard InChI is InChI=1S/C20H24N4O.ClH/c21-19(25)12-14-6-8-15(9-7-14)22-18-13-20(24-10-1-2-11-24)23-17-5-3-4-16(17)18;/h6-9,13H,1-5,10-12H2,(H2,21,25)(H,22,23);1H. The molecule has 2 aromatic rings. The lowest BCUT2D eigenvalue weighted by molar-refractivity contribution is -0.117. The lowest BCUT2D eigenvalue weighted by Crippen LogP contribution is -2.19. The summed E-state index contributed by atoms with van der Waals surface area (Å²) in [5.74, 6) is 0.800. The van der Waals surface area contributed by atoms with Gasteiger partial charge in [0.2, 0.25) is 5.91 Å². The number of nitrogens with zero attached hydrogens (tertiary/aromatic N) is 2. The van der Waals surface area contributed by atoms with E-state index in [2.05, 4.69) is 16.3 Å². The molecule has 1 fully saturated rings. The first-order chi connectivity index (χ1) is 12.2. The maximum Gasteiger partial charge on any atom is 0.221 e. The predicted molar refractivity (Wildman–Crippen MR) is 108 cm³/mol. The van der Waals surface area contributed by atoms with Crippen molar-refractivity contribution in [2.24, 2.45) is 5.73 Å². The number of nitrogens with one attached hydrogen (secondary N) is 1. The van der Waals surface area contributed by atoms with Crippen LogP contribution in [0, 0.1) is 0 Å². The zero-order valence-electron chi connectivity index (χ0n) is 14.8. The van der Waals surface area contributed by atoms with Crippen molar-refractivity contribution in [3.8, 4) is 0 Å². The van der Waals surface area contributed by atoms with E-state index in [1.807, 2.05) is 24.3 Å². The Morgan fingerprint density at radius 1 is 1.12 bits per heavy atom. The van der Waals surface area contributed by atoms with Gasteiger partial charge in [-0.05, 0) is 55.4 Å². The van der Waals surface area contributed by atoms with Gasteiger partial charge in [0.05, 0.1) is 6.42 Å². The van der Waals surface area contributed by atoms with Gasteiger partial charge in [-0.25, -0.2) is 4.98 Å². The number of hydrogen-bond acceptors (Lipinski definition) is 4. The lowest BCUT2D eigenvalue weighted by Gasteiger charge is -2.20. The topological polar surface area (TPSA) is 71.2 Å². The third-order valence-electron chi connectivity index (χ3n) is 5.08. The molecule has 3 N–H and O–H groups in total. The molecule has 0 bridgehead atoms. The second kappa shape index (κ2) is 7.96. The van der Waals surface area contributed by atoms with Crippen molar-refractivity contribution in [2.75, 3.05) is 23.3 Å². The largest absolute Gasteiger partial charge is 0.369 e. The van der Waals surface area contributed by atoms with Gasteiger partial charge in [0.15, 0.2) is 0 Å². The van der Waals surface area contributed by atoms with Gasteiger partial charge in [0.1, 0.15) is 5.82 Å². The van der Waals surface area contributed by atoms with E-state index in [4.69, 9.17) is 10.7 Å². The van der Waals surface area contributed by atoms with Gasteiger partial charge in [-0.3, -0.25) is 4.79 Å². The van der Waals surface area contributed by atoms with Crippen LogP contribution in [0.3, 0.4) is 0 Å². The van der Waals surface area contributed by atoms with Crippen LogP contribution in [-0.4, -0.2) is 24.0 Å². The van der Waals surface area contributed by atoms with Crippen LogP contribution < -0.4 is 16.0 Å². The number of aromatic nitrogens is 1. The van der Waals surface area contributed by atoms with E-state index < -0.39 is 0 Å². The van der Waals surface area contributed by atoms with E-state index in [1.54, 1.807) is 0 Å². The van der Waals surface area contributed by atoms with Crippen LogP contribution in [0.2, 0.25) is 0 Å². The van der Waals surface area contributed by atoms with E-state index in [9.17, 15) is 4.79 Å². The third-order valence-corrected chi connectivity index (χ3v) is 5.08. The van der Waals surface area contributed by atoms with Crippen LogP contribution in [0.25, 0.3) is 0 Å². The number of primary amides is 1. The molecule has 0 spiro atoms. The number of nitrogens with two attached hydrogens (primary N) is 1. The number of halogens is 1. The van der Waals surface area contributed by atoms with Crippen LogP contribution in [-0.2, 0) is 24.1 Å². The zero-order valence-corrected chi connectivity index (χ0v) is 15.6. The molecule has 0 saturated carbocycles. The predicted octanol–water partition coefficient (Wildman–Crippen LogP) is 3.36. The van der Waals surface area contributed by atoms with Crippen LogP contribution in [0.5, 0.6) is 0 Å². The van der Waals surface area contributed by atoms with Crippen molar-refractivity contribution >= 4 is 35.5 Å². The Balaban J connectivity index is 0.00000196. The Morgan fingerprint density at radius 2 is 1.85 bits per heavy atom. The van der Waals surface area contributed by atoms with E-state index >= 15 is 0 Å². The number of carbonyl (C=O) groups is 1. The summed E-state index contributed by atoms with van der Waals surface area (Å²) in [6, 6.07) is 10.1. The SMILES string of the molecule is Cl.NC(=O)Cc1ccc(Nc2cc(N3CCCC3)nc3c2CCC3)cc1. The highest BCUT2D eigenvalue weighted by Gasteiger charge is 2.21. The molecule has 1 amide bonds. The van der Waals surface area contributed by atoms with Crippen LogP contribution in [0.15, 0.2) is 30.3 Å². The molecule has 0 radical (unpaired) electrons. The van der Waals surface area contributed by atoms with E-state index in [-0.39, 0.29) is 24.7 Å². The molecule has 4 rings (SSSR count). The zero-order chi connectivity index (χ0) is 17.2. The average Bonchev–Trinajstić information content (AvgIpc) is 3.27. The highest BCUT2D eigenvalue weighted by molar-refractivity contribution is 5.85. The minimum Gasteiger partial charge on any atom is -0.369 e. The van der Waals surface area contributed by atoms with Crippen molar-refractivity contribution < 1.29 is 4.79 Å². The molecule has 26 heavy (non-hydrogen) atoms. The van der Waals surface area contributed by atoms with Gasteiger partial charge in [-0.1, -0.05) is 12.1 Å². The average molecular weight is 373 g/mol. The summed E-state index contributed by atoms with van der Waals surface area (Å²) in [5.41, 5.74) is 11.0. The molecule has 5 nitrogen and oxygen atoms in total. The Bertz CT molecular complexity index is 785. The van der Waals surface area contributed by atoms with E-state index in [0.717, 1.165) is 43.0 Å². The second-order valence-corrected chi connectivity index (χ2v) is 6.97. The molecule has 0 atom stereocenters. The highest BCUT2D eigenvalue weighted by Crippen LogP contribution is 2.34. The Kier molecular flexibility index (Phi) is 5.67. The number of benzene rings is 1. The van der Waals surface area contributed by atoms with Crippen molar-refractivity contribution in [1.82, 2.24) is 4.98 Å². The molecule has 1 aromatic heterocycles. The molecule has 1 saturated heterocycles. The number of amides is 1. The summed E-state index contributed by atoms with van der Waals surface area (Å²) in [5, 5.41) is 3.57. The second-order valence-electron chi connectivity index (χ2n) is 6.97. The van der Waals surface area contributed by atoms with Crippen LogP contribution in [0.4, 0.5) is 17.2 Å². The molecular weight excluding hydrogens is 348 g/mol. The summed E-state index contributed by atoms with van der Waals surface area (Å²) in [4.78, 5) is 18.3. The number of pyridine rings is 1. The van der Waals surface area contributed by atoms with Crippen molar-refractivity contribution in [3.05, 3.63) is 47.2 Å². The molecule has 2 aliphatic rings. The van der Waals surface area contributed by atoms with Gasteiger partial charge in [0.25, 0.3) is 0 Å². The number of fused-ring (bicyclic) bond motifs is 1. The first kappa shape index (κ1) is 18.5. The monoisotopic (exact) mass is 372 g/mol. The number of rotatable bonds is 5. The molecule has 138 valence electrons. The van der Waals surface area contributed by atoms with Crippen LogP contribution >= 0.6 is 12.4 Å². The van der Waals surface area contributed by atoms with E-state index in [1.165, 1.54) is 36.2 Å². The normalized spacial score (nSPS) is 15.5. The summed E-state index contributed by atoms with van der Waals surface area (Å²) in [7, 11) is 0. The third kappa shape index (κ3) is 3.93. The fourth-order valence-corrected chi connectivity index (χ4v) is 3.81. The van der Waals surface area contributed by atoms with E-state index in [0.29, 0.717) is 0 Å². The first-order valence-corrected chi connectivity index (χ1v) is 9.11. The Labute approximate surface area is 160 Å². The molecule has 1 aliphatic carbocycles. The fraction of sp³-hybridized carbons (Fsp3) is 0.400. The molecule has 6 heteroatoms. The highest BCUT2D eigenvalue weighted by atomic mass is 35.5. The molecule has 1 aliphatic heterocycles. The van der Waals surface area contributed by atoms with Gasteiger partial charge >= 0.3 is 0 Å². The van der Waals surface area contributed by atoms with Gasteiger partial charge < -0.3 is 16.0 Å². The van der Waals surface area contributed by atoms with Crippen molar-refractivity contribution in [3.63, 3.8) is 0 Å². The van der Waals surface area contributed by atoms with Gasteiger partial charge in [-0.2, -0.15) is 0 Å². The summed E-state index contributed by atoms with van der Waals surface area (Å²) in [6.07, 6.45) is 6.13. The lowest BCUT2D eigenvalue weighted by atomic mass is 10.1. The first-order valence-electron chi connectivity index (χ1n) is 9.11. The van der Waals surface area contributed by atoms with Crippen LogP contribution in [0.1, 0.15) is 36.1 Å². The smallest absolute Gasteiger partial charge is 0.221 e. The summed E-state index contributed by atoms with van der Waals surface area (Å²) < 4.78 is 0. The number of aryl methyl sites for hydroxylation is 1. The maximum atomic E-state index is 11.0. The minimum absolute atomic E-state index is 0. The summed E-state index contributed by atoms with van der Waals surface area (Å²) in [6.45, 7) is 2.21. The quantitative estimate of drug-likeness (QED) is 0.844. The van der Waals surface area contributed by atoms with Gasteiger partial charge in [-0.15, -0.1) is 12.4 Å². The fourth-order valence-electron chi connectivity index (χ4n) is 3.81. The summed E-state index contributed by atoms with van der Waals surface area (Å²) >= 11 is 0.